The lowest BCUT2D eigenvalue weighted by atomic mass is 10.2. The molecule has 2 rings (SSSR count). The van der Waals surface area contributed by atoms with Crippen LogP contribution in [-0.2, 0) is 10.0 Å². The number of benzene rings is 2. The average molecular weight is 383 g/mol. The van der Waals surface area contributed by atoms with Crippen LogP contribution in [0.4, 0.5) is 14.5 Å². The maximum absolute atomic E-state index is 13.6. The minimum Gasteiger partial charge on any atom is -0.319 e. The molecular weight excluding hydrogens is 364 g/mol. The van der Waals surface area contributed by atoms with Crippen LogP contribution in [-0.4, -0.2) is 46.4 Å². The van der Waals surface area contributed by atoms with Gasteiger partial charge in [0, 0.05) is 24.7 Å². The first-order chi connectivity index (χ1) is 12.2. The quantitative estimate of drug-likeness (QED) is 0.767. The predicted molar refractivity (Wildman–Crippen MR) is 94.5 cm³/mol. The summed E-state index contributed by atoms with van der Waals surface area (Å²) in [6.07, 6.45) is 0. The number of likely N-dealkylation sites (N-methyl/N-ethyl adjacent to an activating group) is 1. The van der Waals surface area contributed by atoms with Crippen molar-refractivity contribution in [1.82, 2.24) is 9.62 Å². The van der Waals surface area contributed by atoms with Gasteiger partial charge in [0.2, 0.25) is 10.0 Å². The lowest BCUT2D eigenvalue weighted by Crippen LogP contribution is -2.31. The molecule has 0 atom stereocenters. The van der Waals surface area contributed by atoms with Gasteiger partial charge in [0.25, 0.3) is 5.91 Å². The smallest absolute Gasteiger partial charge is 0.255 e. The van der Waals surface area contributed by atoms with Crippen molar-refractivity contribution in [2.24, 2.45) is 0 Å². The van der Waals surface area contributed by atoms with Crippen LogP contribution in [0, 0.1) is 11.6 Å². The summed E-state index contributed by atoms with van der Waals surface area (Å²) in [7, 11) is -0.152. The third-order valence-electron chi connectivity index (χ3n) is 3.44. The van der Waals surface area contributed by atoms with Crippen molar-refractivity contribution in [3.8, 4) is 0 Å². The highest BCUT2D eigenvalue weighted by Gasteiger charge is 2.17. The van der Waals surface area contributed by atoms with E-state index in [0.29, 0.717) is 12.6 Å². The largest absolute Gasteiger partial charge is 0.319 e. The molecule has 9 heteroatoms. The highest BCUT2D eigenvalue weighted by atomic mass is 32.2. The Morgan fingerprint density at radius 1 is 1.12 bits per heavy atom. The van der Waals surface area contributed by atoms with Gasteiger partial charge in [-0.2, -0.15) is 0 Å². The van der Waals surface area contributed by atoms with E-state index in [4.69, 9.17) is 0 Å². The van der Waals surface area contributed by atoms with Crippen LogP contribution in [0.3, 0.4) is 0 Å². The molecule has 0 bridgehead atoms. The zero-order valence-corrected chi connectivity index (χ0v) is 15.1. The van der Waals surface area contributed by atoms with E-state index in [9.17, 15) is 22.0 Å². The molecule has 26 heavy (non-hydrogen) atoms. The van der Waals surface area contributed by atoms with Crippen molar-refractivity contribution < 1.29 is 22.0 Å². The molecule has 0 aliphatic heterocycles. The average Bonchev–Trinajstić information content (AvgIpc) is 2.57. The molecule has 0 fully saturated rings. The Hall–Kier alpha value is -2.36. The van der Waals surface area contributed by atoms with Crippen LogP contribution in [0.15, 0.2) is 47.4 Å². The van der Waals surface area contributed by atoms with Crippen molar-refractivity contribution in [3.05, 3.63) is 59.7 Å². The number of nitrogens with one attached hydrogen (secondary N) is 2. The van der Waals surface area contributed by atoms with E-state index in [-0.39, 0.29) is 22.7 Å². The molecule has 2 N–H and O–H groups in total. The number of anilines is 1. The summed E-state index contributed by atoms with van der Waals surface area (Å²) in [5.41, 5.74) is -0.169. The standard InChI is InChI=1S/C17H19F2N3O3S/c1-22(2)9-8-20-26(24,25)14-5-3-4-12(10-14)17(23)21-16-7-6-13(18)11-15(16)19/h3-7,10-11,20H,8-9H2,1-2H3,(H,21,23). The summed E-state index contributed by atoms with van der Waals surface area (Å²) in [6.45, 7) is 0.732. The molecule has 0 aliphatic carbocycles. The third-order valence-corrected chi connectivity index (χ3v) is 4.90. The van der Waals surface area contributed by atoms with Gasteiger partial charge in [-0.05, 0) is 44.4 Å². The van der Waals surface area contributed by atoms with Gasteiger partial charge in [-0.1, -0.05) is 6.07 Å². The number of sulfonamides is 1. The number of hydrogen-bond acceptors (Lipinski definition) is 4. The minimum atomic E-state index is -3.78. The number of carbonyl (C=O) groups is 1. The van der Waals surface area contributed by atoms with Gasteiger partial charge < -0.3 is 10.2 Å². The zero-order chi connectivity index (χ0) is 19.3. The van der Waals surface area contributed by atoms with Crippen LogP contribution in [0.25, 0.3) is 0 Å². The molecule has 0 saturated carbocycles. The molecular formula is C17H19F2N3O3S. The van der Waals surface area contributed by atoms with Crippen LogP contribution >= 0.6 is 0 Å². The fourth-order valence-electron chi connectivity index (χ4n) is 2.08. The van der Waals surface area contributed by atoms with Crippen LogP contribution < -0.4 is 10.0 Å². The second kappa shape index (κ2) is 8.35. The summed E-state index contributed by atoms with van der Waals surface area (Å²) in [6, 6.07) is 8.10. The Bertz CT molecular complexity index is 902. The van der Waals surface area contributed by atoms with Gasteiger partial charge in [-0.3, -0.25) is 4.79 Å². The van der Waals surface area contributed by atoms with Crippen LogP contribution in [0.2, 0.25) is 0 Å². The second-order valence-electron chi connectivity index (χ2n) is 5.81. The fourth-order valence-corrected chi connectivity index (χ4v) is 3.14. The topological polar surface area (TPSA) is 78.5 Å². The van der Waals surface area contributed by atoms with E-state index in [1.165, 1.54) is 24.3 Å². The number of amides is 1. The normalized spacial score (nSPS) is 11.6. The SMILES string of the molecule is CN(C)CCNS(=O)(=O)c1cccc(C(=O)Nc2ccc(F)cc2F)c1. The van der Waals surface area contributed by atoms with E-state index in [1.807, 2.05) is 19.0 Å². The van der Waals surface area contributed by atoms with Crippen molar-refractivity contribution in [3.63, 3.8) is 0 Å². The fraction of sp³-hybridized carbons (Fsp3) is 0.235. The Labute approximate surface area is 150 Å². The second-order valence-corrected chi connectivity index (χ2v) is 7.57. The summed E-state index contributed by atoms with van der Waals surface area (Å²) in [5, 5.41) is 2.29. The van der Waals surface area contributed by atoms with Gasteiger partial charge in [0.05, 0.1) is 10.6 Å². The van der Waals surface area contributed by atoms with E-state index in [2.05, 4.69) is 10.0 Å². The Kier molecular flexibility index (Phi) is 6.41. The van der Waals surface area contributed by atoms with Crippen molar-refractivity contribution >= 4 is 21.6 Å². The Balaban J connectivity index is 2.16. The van der Waals surface area contributed by atoms with Crippen LogP contribution in [0.5, 0.6) is 0 Å². The molecule has 0 aromatic heterocycles. The van der Waals surface area contributed by atoms with Crippen molar-refractivity contribution in [2.45, 2.75) is 4.90 Å². The number of rotatable bonds is 7. The van der Waals surface area contributed by atoms with E-state index in [1.54, 1.807) is 0 Å². The molecule has 0 heterocycles. The molecule has 1 amide bonds. The molecule has 6 nitrogen and oxygen atoms in total. The van der Waals surface area contributed by atoms with Gasteiger partial charge in [0.15, 0.2) is 0 Å². The maximum atomic E-state index is 13.6. The van der Waals surface area contributed by atoms with E-state index < -0.39 is 27.6 Å². The van der Waals surface area contributed by atoms with E-state index >= 15 is 0 Å². The zero-order valence-electron chi connectivity index (χ0n) is 14.3. The highest BCUT2D eigenvalue weighted by molar-refractivity contribution is 7.89. The predicted octanol–water partition coefficient (Wildman–Crippen LogP) is 2.06. The van der Waals surface area contributed by atoms with Gasteiger partial charge in [-0.25, -0.2) is 21.9 Å². The maximum Gasteiger partial charge on any atom is 0.255 e. The van der Waals surface area contributed by atoms with Crippen molar-refractivity contribution in [1.29, 1.82) is 0 Å². The first-order valence-corrected chi connectivity index (χ1v) is 9.18. The summed E-state index contributed by atoms with van der Waals surface area (Å²) in [5.74, 6) is -2.40. The lowest BCUT2D eigenvalue weighted by molar-refractivity contribution is 0.102. The Morgan fingerprint density at radius 2 is 1.85 bits per heavy atom. The molecule has 140 valence electrons. The molecule has 0 unspecified atom stereocenters. The summed E-state index contributed by atoms with van der Waals surface area (Å²) in [4.78, 5) is 14.0. The first-order valence-electron chi connectivity index (χ1n) is 7.70. The number of hydrogen-bond donors (Lipinski definition) is 2. The molecule has 2 aromatic rings. The monoisotopic (exact) mass is 383 g/mol. The van der Waals surface area contributed by atoms with Crippen LogP contribution in [0.1, 0.15) is 10.4 Å². The first kappa shape index (κ1) is 20.0. The van der Waals surface area contributed by atoms with E-state index in [0.717, 1.165) is 12.1 Å². The molecule has 2 aromatic carbocycles. The third kappa shape index (κ3) is 5.32. The van der Waals surface area contributed by atoms with Crippen molar-refractivity contribution in [2.75, 3.05) is 32.5 Å². The lowest BCUT2D eigenvalue weighted by Gasteiger charge is -2.12. The Morgan fingerprint density at radius 3 is 2.50 bits per heavy atom. The molecule has 0 aliphatic rings. The number of halogens is 2. The van der Waals surface area contributed by atoms with Gasteiger partial charge in [-0.15, -0.1) is 0 Å². The van der Waals surface area contributed by atoms with Gasteiger partial charge in [0.1, 0.15) is 11.6 Å². The minimum absolute atomic E-state index is 0.0317. The number of carbonyl (C=O) groups excluding carboxylic acids is 1. The summed E-state index contributed by atoms with van der Waals surface area (Å²) >= 11 is 0. The molecule has 0 saturated heterocycles. The summed E-state index contributed by atoms with van der Waals surface area (Å²) < 4.78 is 53.5. The molecule has 0 spiro atoms. The number of nitrogens with zero attached hydrogens (tertiary/aromatic N) is 1. The molecule has 0 radical (unpaired) electrons. The van der Waals surface area contributed by atoms with Gasteiger partial charge >= 0.3 is 0 Å². The highest BCUT2D eigenvalue weighted by Crippen LogP contribution is 2.17.